The second-order valence-electron chi connectivity index (χ2n) is 5.47. The molecule has 86 valence electrons. The average Bonchev–Trinajstić information content (AvgIpc) is 2.57. The number of hydrogen-bond acceptors (Lipinski definition) is 0. The first kappa shape index (κ1) is 11.4. The second-order valence-corrected chi connectivity index (χ2v) is 5.47. The van der Waals surface area contributed by atoms with Gasteiger partial charge >= 0.3 is 0 Å². The predicted octanol–water partition coefficient (Wildman–Crippen LogP) is 5.10. The van der Waals surface area contributed by atoms with Crippen LogP contribution in [0.2, 0.25) is 0 Å². The van der Waals surface area contributed by atoms with E-state index < -0.39 is 0 Å². The van der Waals surface area contributed by atoms with Crippen LogP contribution in [0.1, 0.15) is 54.4 Å². The predicted molar refractivity (Wildman–Crippen MR) is 71.4 cm³/mol. The lowest BCUT2D eigenvalue weighted by atomic mass is 9.92. The first-order valence-electron chi connectivity index (χ1n) is 6.16. The van der Waals surface area contributed by atoms with Crippen molar-refractivity contribution in [1.29, 1.82) is 0 Å². The van der Waals surface area contributed by atoms with Gasteiger partial charge in [0, 0.05) is 0 Å². The maximum atomic E-state index is 2.29. The molecule has 0 atom stereocenters. The van der Waals surface area contributed by atoms with Gasteiger partial charge in [-0.2, -0.15) is 0 Å². The third-order valence-electron chi connectivity index (χ3n) is 4.19. The summed E-state index contributed by atoms with van der Waals surface area (Å²) in [4.78, 5) is 0. The Balaban J connectivity index is 2.56. The highest BCUT2D eigenvalue weighted by atomic mass is 14.3. The highest BCUT2D eigenvalue weighted by Gasteiger charge is 2.25. The van der Waals surface area contributed by atoms with Crippen LogP contribution in [0.25, 0.3) is 0 Å². The van der Waals surface area contributed by atoms with Crippen molar-refractivity contribution >= 4 is 0 Å². The average molecular weight is 214 g/mol. The standard InChI is InChI=1S/C16H22/c1-9-7-11(3)15(13(9)5)16-12(4)8-10(2)14(16)6/h7-8H2,1-6H3. The monoisotopic (exact) mass is 214 g/mol. The fourth-order valence-electron chi connectivity index (χ4n) is 3.11. The molecule has 16 heavy (non-hydrogen) atoms. The van der Waals surface area contributed by atoms with Gasteiger partial charge in [-0.05, 0) is 76.7 Å². The molecule has 0 unspecified atom stereocenters. The number of hydrogen-bond donors (Lipinski definition) is 0. The normalized spacial score (nSPS) is 22.1. The molecule has 0 heterocycles. The molecule has 0 saturated heterocycles. The van der Waals surface area contributed by atoms with E-state index >= 15 is 0 Å². The van der Waals surface area contributed by atoms with Gasteiger partial charge in [-0.15, -0.1) is 0 Å². The first-order chi connectivity index (χ1) is 7.43. The molecule has 0 bridgehead atoms. The van der Waals surface area contributed by atoms with Crippen LogP contribution < -0.4 is 0 Å². The van der Waals surface area contributed by atoms with Gasteiger partial charge in [-0.25, -0.2) is 0 Å². The number of allylic oxidation sites excluding steroid dienone is 8. The molecule has 2 aliphatic rings. The summed E-state index contributed by atoms with van der Waals surface area (Å²) < 4.78 is 0. The zero-order valence-corrected chi connectivity index (χ0v) is 11.4. The van der Waals surface area contributed by atoms with Crippen molar-refractivity contribution in [3.05, 3.63) is 44.6 Å². The van der Waals surface area contributed by atoms with Gasteiger partial charge in [0.05, 0.1) is 0 Å². The maximum Gasteiger partial charge on any atom is -0.00987 e. The molecular formula is C16H22. The van der Waals surface area contributed by atoms with Crippen molar-refractivity contribution in [3.8, 4) is 0 Å². The van der Waals surface area contributed by atoms with E-state index in [4.69, 9.17) is 0 Å². The van der Waals surface area contributed by atoms with E-state index in [0.29, 0.717) is 0 Å². The minimum Gasteiger partial charge on any atom is -0.0657 e. The van der Waals surface area contributed by atoms with Crippen molar-refractivity contribution in [2.45, 2.75) is 54.4 Å². The van der Waals surface area contributed by atoms with E-state index in [1.54, 1.807) is 33.4 Å². The molecule has 0 aromatic rings. The fraction of sp³-hybridized carbons (Fsp3) is 0.500. The Morgan fingerprint density at radius 3 is 1.00 bits per heavy atom. The highest BCUT2D eigenvalue weighted by Crippen LogP contribution is 2.44. The minimum absolute atomic E-state index is 1.17. The molecule has 0 aromatic heterocycles. The molecule has 2 aliphatic carbocycles. The second kappa shape index (κ2) is 3.76. The summed E-state index contributed by atoms with van der Waals surface area (Å²) in [5.41, 5.74) is 12.3. The Morgan fingerprint density at radius 2 is 0.812 bits per heavy atom. The van der Waals surface area contributed by atoms with E-state index in [0.717, 1.165) is 0 Å². The first-order valence-corrected chi connectivity index (χ1v) is 6.16. The van der Waals surface area contributed by atoms with Crippen LogP contribution in [0.4, 0.5) is 0 Å². The van der Waals surface area contributed by atoms with Crippen LogP contribution in [-0.2, 0) is 0 Å². The van der Waals surface area contributed by atoms with Crippen LogP contribution in [-0.4, -0.2) is 0 Å². The Labute approximate surface area is 99.4 Å². The van der Waals surface area contributed by atoms with Crippen molar-refractivity contribution in [3.63, 3.8) is 0 Å². The molecule has 0 nitrogen and oxygen atoms in total. The van der Waals surface area contributed by atoms with Crippen LogP contribution >= 0.6 is 0 Å². The Kier molecular flexibility index (Phi) is 2.69. The Morgan fingerprint density at radius 1 is 0.500 bits per heavy atom. The number of rotatable bonds is 1. The smallest absolute Gasteiger partial charge is 0.00987 e. The molecule has 0 heteroatoms. The minimum atomic E-state index is 1.17. The van der Waals surface area contributed by atoms with Gasteiger partial charge in [0.25, 0.3) is 0 Å². The van der Waals surface area contributed by atoms with Gasteiger partial charge in [0.1, 0.15) is 0 Å². The van der Waals surface area contributed by atoms with Gasteiger partial charge < -0.3 is 0 Å². The summed E-state index contributed by atoms with van der Waals surface area (Å²) in [6.45, 7) is 13.7. The third-order valence-corrected chi connectivity index (χ3v) is 4.19. The van der Waals surface area contributed by atoms with Crippen LogP contribution in [0.5, 0.6) is 0 Å². The van der Waals surface area contributed by atoms with E-state index in [1.165, 1.54) is 24.0 Å². The lowest BCUT2D eigenvalue weighted by Gasteiger charge is -2.12. The third kappa shape index (κ3) is 1.52. The van der Waals surface area contributed by atoms with Crippen molar-refractivity contribution < 1.29 is 0 Å². The molecule has 0 N–H and O–H groups in total. The van der Waals surface area contributed by atoms with E-state index in [1.807, 2.05) is 0 Å². The molecule has 0 saturated carbocycles. The topological polar surface area (TPSA) is 0 Å². The molecule has 0 aliphatic heterocycles. The zero-order valence-electron chi connectivity index (χ0n) is 11.4. The van der Waals surface area contributed by atoms with E-state index in [2.05, 4.69) is 41.5 Å². The largest absolute Gasteiger partial charge is 0.0657 e. The van der Waals surface area contributed by atoms with Crippen LogP contribution in [0.15, 0.2) is 44.6 Å². The summed E-state index contributed by atoms with van der Waals surface area (Å²) >= 11 is 0. The SMILES string of the molecule is CC1=C(C)C(C2=C(C)CC(C)=C2C)=C(C)C1. The molecule has 0 radical (unpaired) electrons. The molecule has 0 fully saturated rings. The van der Waals surface area contributed by atoms with Crippen molar-refractivity contribution in [2.75, 3.05) is 0 Å². The van der Waals surface area contributed by atoms with Crippen LogP contribution in [0, 0.1) is 0 Å². The van der Waals surface area contributed by atoms with Crippen molar-refractivity contribution in [1.82, 2.24) is 0 Å². The van der Waals surface area contributed by atoms with Gasteiger partial charge in [-0.1, -0.05) is 22.3 Å². The maximum absolute atomic E-state index is 2.29. The molecule has 0 amide bonds. The Hall–Kier alpha value is -1.04. The summed E-state index contributed by atoms with van der Waals surface area (Å²) in [7, 11) is 0. The lowest BCUT2D eigenvalue weighted by Crippen LogP contribution is -1.94. The molecule has 2 rings (SSSR count). The Bertz CT molecular complexity index is 430. The van der Waals surface area contributed by atoms with Crippen LogP contribution in [0.3, 0.4) is 0 Å². The molecular weight excluding hydrogens is 192 g/mol. The summed E-state index contributed by atoms with van der Waals surface area (Å²) in [5.74, 6) is 0. The van der Waals surface area contributed by atoms with Gasteiger partial charge in [0.15, 0.2) is 0 Å². The van der Waals surface area contributed by atoms with Gasteiger partial charge in [-0.3, -0.25) is 0 Å². The highest BCUT2D eigenvalue weighted by molar-refractivity contribution is 5.66. The molecule has 0 aromatic carbocycles. The van der Waals surface area contributed by atoms with Crippen molar-refractivity contribution in [2.24, 2.45) is 0 Å². The summed E-state index contributed by atoms with van der Waals surface area (Å²) in [6.07, 6.45) is 2.34. The summed E-state index contributed by atoms with van der Waals surface area (Å²) in [6, 6.07) is 0. The zero-order chi connectivity index (χ0) is 12.0. The lowest BCUT2D eigenvalue weighted by molar-refractivity contribution is 1.13. The fourth-order valence-corrected chi connectivity index (χ4v) is 3.11. The molecule has 0 spiro atoms. The van der Waals surface area contributed by atoms with E-state index in [-0.39, 0.29) is 0 Å². The quantitative estimate of drug-likeness (QED) is 0.569. The van der Waals surface area contributed by atoms with E-state index in [9.17, 15) is 0 Å². The summed E-state index contributed by atoms with van der Waals surface area (Å²) in [5, 5.41) is 0. The van der Waals surface area contributed by atoms with Gasteiger partial charge in [0.2, 0.25) is 0 Å².